The fourth-order valence-corrected chi connectivity index (χ4v) is 5.62. The number of methoxy groups -OCH3 is 1. The molecule has 2 aliphatic rings. The van der Waals surface area contributed by atoms with Crippen LogP contribution in [0.2, 0.25) is 0 Å². The molecule has 3 aromatic heterocycles. The van der Waals surface area contributed by atoms with Gasteiger partial charge in [0.2, 0.25) is 5.95 Å². The molecule has 2 saturated heterocycles. The lowest BCUT2D eigenvalue weighted by Crippen LogP contribution is -2.44. The molecule has 1 atom stereocenters. The minimum absolute atomic E-state index is 0.00622. The molecule has 4 aromatic rings. The Kier molecular flexibility index (Phi) is 8.11. The van der Waals surface area contributed by atoms with E-state index < -0.39 is 0 Å². The van der Waals surface area contributed by atoms with Gasteiger partial charge in [0.1, 0.15) is 11.6 Å². The van der Waals surface area contributed by atoms with Crippen LogP contribution in [0.3, 0.4) is 0 Å². The molecular weight excluding hydrogens is 534 g/mol. The number of ether oxygens (including phenoxy) is 2. The number of carbonyl (C=O) groups is 1. The SMILES string of the molecule is COc1ccc(-c2ccc3c(N4CCOCC4C)nc(NC4CCN(C(=O)c5cccnc5)CC4)nc3n2)cc1CO. The number of pyridine rings is 2. The molecule has 0 aliphatic carbocycles. The number of hydrogen-bond donors (Lipinski definition) is 2. The third kappa shape index (κ3) is 5.70. The van der Waals surface area contributed by atoms with E-state index in [2.05, 4.69) is 22.1 Å². The molecule has 2 N–H and O–H groups in total. The zero-order chi connectivity index (χ0) is 29.1. The number of nitrogens with zero attached hydrogens (tertiary/aromatic N) is 6. The van der Waals surface area contributed by atoms with Gasteiger partial charge >= 0.3 is 0 Å². The number of fused-ring (bicyclic) bond motifs is 1. The Morgan fingerprint density at radius 1 is 1.12 bits per heavy atom. The van der Waals surface area contributed by atoms with E-state index >= 15 is 0 Å². The first-order chi connectivity index (χ1) is 20.5. The van der Waals surface area contributed by atoms with Crippen LogP contribution in [0.4, 0.5) is 11.8 Å². The molecule has 1 amide bonds. The number of amides is 1. The average Bonchev–Trinajstić information content (AvgIpc) is 3.04. The van der Waals surface area contributed by atoms with Crippen LogP contribution in [0.5, 0.6) is 5.75 Å². The van der Waals surface area contributed by atoms with E-state index in [9.17, 15) is 9.90 Å². The minimum atomic E-state index is -0.132. The second-order valence-corrected chi connectivity index (χ2v) is 10.7. The maximum atomic E-state index is 12.9. The fraction of sp³-hybridized carbons (Fsp3) is 0.387. The lowest BCUT2D eigenvalue weighted by molar-refractivity contribution is 0.0718. The molecule has 11 heteroatoms. The summed E-state index contributed by atoms with van der Waals surface area (Å²) in [5.41, 5.74) is 3.49. The Bertz CT molecular complexity index is 1560. The smallest absolute Gasteiger partial charge is 0.255 e. The summed E-state index contributed by atoms with van der Waals surface area (Å²) in [6.45, 7) is 5.25. The van der Waals surface area contributed by atoms with E-state index in [0.29, 0.717) is 54.8 Å². The number of rotatable bonds is 7. The fourth-order valence-electron chi connectivity index (χ4n) is 5.62. The zero-order valence-corrected chi connectivity index (χ0v) is 23.9. The summed E-state index contributed by atoms with van der Waals surface area (Å²) in [6, 6.07) is 13.5. The van der Waals surface area contributed by atoms with Crippen LogP contribution in [0.15, 0.2) is 54.9 Å². The second kappa shape index (κ2) is 12.3. The van der Waals surface area contributed by atoms with E-state index in [0.717, 1.165) is 41.8 Å². The highest BCUT2D eigenvalue weighted by molar-refractivity contribution is 5.94. The number of benzene rings is 1. The maximum absolute atomic E-state index is 12.9. The molecule has 0 saturated carbocycles. The summed E-state index contributed by atoms with van der Waals surface area (Å²) in [5.74, 6) is 1.98. The Morgan fingerprint density at radius 3 is 2.71 bits per heavy atom. The van der Waals surface area contributed by atoms with Crippen molar-refractivity contribution in [3.8, 4) is 17.0 Å². The molecule has 42 heavy (non-hydrogen) atoms. The largest absolute Gasteiger partial charge is 0.496 e. The number of nitrogens with one attached hydrogen (secondary N) is 1. The van der Waals surface area contributed by atoms with E-state index in [-0.39, 0.29) is 24.6 Å². The molecule has 218 valence electrons. The topological polar surface area (TPSA) is 126 Å². The van der Waals surface area contributed by atoms with Crippen molar-refractivity contribution in [2.45, 2.75) is 38.5 Å². The highest BCUT2D eigenvalue weighted by Gasteiger charge is 2.27. The molecule has 2 aliphatic heterocycles. The van der Waals surface area contributed by atoms with Crippen molar-refractivity contribution in [3.63, 3.8) is 0 Å². The maximum Gasteiger partial charge on any atom is 0.255 e. The van der Waals surface area contributed by atoms with Crippen LogP contribution in [0.25, 0.3) is 22.3 Å². The number of carbonyl (C=O) groups excluding carboxylic acids is 1. The van der Waals surface area contributed by atoms with Gasteiger partial charge in [-0.3, -0.25) is 9.78 Å². The predicted molar refractivity (Wildman–Crippen MR) is 160 cm³/mol. The minimum Gasteiger partial charge on any atom is -0.496 e. The zero-order valence-electron chi connectivity index (χ0n) is 23.9. The van der Waals surface area contributed by atoms with Gasteiger partial charge in [0.15, 0.2) is 5.65 Å². The van der Waals surface area contributed by atoms with Crippen molar-refractivity contribution in [2.24, 2.45) is 0 Å². The van der Waals surface area contributed by atoms with Crippen molar-refractivity contribution in [2.75, 3.05) is 50.2 Å². The van der Waals surface area contributed by atoms with Crippen molar-refractivity contribution in [3.05, 3.63) is 66.0 Å². The number of likely N-dealkylation sites (tertiary alicyclic amines) is 1. The number of aliphatic hydroxyl groups excluding tert-OH is 1. The third-order valence-corrected chi connectivity index (χ3v) is 7.95. The van der Waals surface area contributed by atoms with Crippen LogP contribution in [0.1, 0.15) is 35.7 Å². The molecule has 6 rings (SSSR count). The van der Waals surface area contributed by atoms with Gasteiger partial charge in [-0.2, -0.15) is 9.97 Å². The first-order valence-electron chi connectivity index (χ1n) is 14.3. The highest BCUT2D eigenvalue weighted by Crippen LogP contribution is 2.31. The van der Waals surface area contributed by atoms with Crippen molar-refractivity contribution in [1.29, 1.82) is 0 Å². The number of hydrogen-bond acceptors (Lipinski definition) is 10. The summed E-state index contributed by atoms with van der Waals surface area (Å²) >= 11 is 0. The highest BCUT2D eigenvalue weighted by atomic mass is 16.5. The van der Waals surface area contributed by atoms with Crippen LogP contribution >= 0.6 is 0 Å². The summed E-state index contributed by atoms with van der Waals surface area (Å²) in [5, 5.41) is 14.2. The molecule has 11 nitrogen and oxygen atoms in total. The standard InChI is InChI=1S/C31H35N7O4/c1-20-19-42-15-14-38(20)29-25-6-7-26(21-5-8-27(41-2)23(16-21)18-39)34-28(25)35-31(36-29)33-24-9-12-37(13-10-24)30(40)22-4-3-11-32-17-22/h3-8,11,16-17,20,24,39H,9-10,12-15,18-19H2,1-2H3,(H,33,34,35,36). The van der Waals surface area contributed by atoms with Gasteiger partial charge in [0, 0.05) is 49.2 Å². The van der Waals surface area contributed by atoms with Gasteiger partial charge in [0.05, 0.1) is 49.6 Å². The normalized spacial score (nSPS) is 17.8. The lowest BCUT2D eigenvalue weighted by Gasteiger charge is -2.35. The number of aliphatic hydroxyl groups is 1. The Hall–Kier alpha value is -4.35. The van der Waals surface area contributed by atoms with Gasteiger partial charge in [-0.05, 0) is 62.2 Å². The summed E-state index contributed by atoms with van der Waals surface area (Å²) in [6.07, 6.45) is 4.84. The van der Waals surface area contributed by atoms with Gasteiger partial charge in [-0.1, -0.05) is 0 Å². The third-order valence-electron chi connectivity index (χ3n) is 7.95. The number of anilines is 2. The quantitative estimate of drug-likeness (QED) is 0.341. The van der Waals surface area contributed by atoms with Gasteiger partial charge in [-0.25, -0.2) is 4.98 Å². The molecule has 1 aromatic carbocycles. The molecule has 2 fully saturated rings. The first kappa shape index (κ1) is 27.8. The van der Waals surface area contributed by atoms with E-state index in [1.807, 2.05) is 35.2 Å². The Labute approximate surface area is 244 Å². The van der Waals surface area contributed by atoms with Crippen molar-refractivity contribution in [1.82, 2.24) is 24.8 Å². The van der Waals surface area contributed by atoms with Crippen molar-refractivity contribution >= 4 is 28.7 Å². The van der Waals surface area contributed by atoms with E-state index in [1.165, 1.54) is 0 Å². The van der Waals surface area contributed by atoms with E-state index in [1.54, 1.807) is 31.6 Å². The van der Waals surface area contributed by atoms with Gasteiger partial charge < -0.3 is 29.7 Å². The van der Waals surface area contributed by atoms with Crippen LogP contribution in [-0.2, 0) is 11.3 Å². The molecular formula is C31H35N7O4. The predicted octanol–water partition coefficient (Wildman–Crippen LogP) is 3.53. The molecule has 5 heterocycles. The monoisotopic (exact) mass is 569 g/mol. The van der Waals surface area contributed by atoms with Crippen LogP contribution in [0, 0.1) is 0 Å². The molecule has 0 radical (unpaired) electrons. The summed E-state index contributed by atoms with van der Waals surface area (Å²) < 4.78 is 11.1. The van der Waals surface area contributed by atoms with Crippen LogP contribution in [-0.4, -0.2) is 87.9 Å². The molecule has 1 unspecified atom stereocenters. The molecule has 0 bridgehead atoms. The Morgan fingerprint density at radius 2 is 1.98 bits per heavy atom. The summed E-state index contributed by atoms with van der Waals surface area (Å²) in [7, 11) is 1.59. The first-order valence-corrected chi connectivity index (χ1v) is 14.3. The van der Waals surface area contributed by atoms with Gasteiger partial charge in [-0.15, -0.1) is 0 Å². The van der Waals surface area contributed by atoms with Gasteiger partial charge in [0.25, 0.3) is 5.91 Å². The van der Waals surface area contributed by atoms with Crippen LogP contribution < -0.4 is 15.0 Å². The average molecular weight is 570 g/mol. The number of morpholine rings is 1. The number of piperidine rings is 1. The number of aromatic nitrogens is 4. The summed E-state index contributed by atoms with van der Waals surface area (Å²) in [4.78, 5) is 35.9. The molecule has 0 spiro atoms. The van der Waals surface area contributed by atoms with E-state index in [4.69, 9.17) is 24.4 Å². The lowest BCUT2D eigenvalue weighted by atomic mass is 10.0. The second-order valence-electron chi connectivity index (χ2n) is 10.7. The Balaban J connectivity index is 1.28. The van der Waals surface area contributed by atoms with Crippen molar-refractivity contribution < 1.29 is 19.4 Å².